The fourth-order valence-corrected chi connectivity index (χ4v) is 4.44. The monoisotopic (exact) mass is 391 g/mol. The van der Waals surface area contributed by atoms with Crippen molar-refractivity contribution in [1.82, 2.24) is 14.4 Å². The first-order valence-electron chi connectivity index (χ1n) is 10.0. The summed E-state index contributed by atoms with van der Waals surface area (Å²) in [5, 5.41) is 0.870. The number of hydrogen-bond acceptors (Lipinski definition) is 3. The number of piperidine rings is 2. The van der Waals surface area contributed by atoms with E-state index in [1.54, 1.807) is 10.8 Å². The fraction of sp³-hybridized carbons (Fsp3) is 0.571. The van der Waals surface area contributed by atoms with Gasteiger partial charge in [0.05, 0.1) is 18.1 Å². The molecule has 1 aromatic carbocycles. The number of fused-ring (bicyclic) bond motifs is 1. The number of halogens is 2. The van der Waals surface area contributed by atoms with Gasteiger partial charge in [0, 0.05) is 38.3 Å². The third-order valence-corrected chi connectivity index (χ3v) is 5.95. The number of carbonyl (C=O) groups is 1. The van der Waals surface area contributed by atoms with E-state index in [1.165, 1.54) is 0 Å². The van der Waals surface area contributed by atoms with Crippen molar-refractivity contribution in [3.05, 3.63) is 30.5 Å². The SMILES string of the molecule is CN1CCCC(N2CCC(Oc3cccc4c3ccn4CC(F)F)CC2)C1=O. The summed E-state index contributed by atoms with van der Waals surface area (Å²) in [5.41, 5.74) is 0.770. The van der Waals surface area contributed by atoms with Crippen LogP contribution in [-0.4, -0.2) is 65.5 Å². The topological polar surface area (TPSA) is 37.7 Å². The van der Waals surface area contributed by atoms with Gasteiger partial charge in [0.15, 0.2) is 0 Å². The number of alkyl halides is 2. The van der Waals surface area contributed by atoms with Crippen LogP contribution in [0.2, 0.25) is 0 Å². The molecule has 0 saturated carbocycles. The van der Waals surface area contributed by atoms with Crippen LogP contribution in [0.3, 0.4) is 0 Å². The molecule has 0 spiro atoms. The Morgan fingerprint density at radius 1 is 1.14 bits per heavy atom. The first-order valence-corrected chi connectivity index (χ1v) is 10.0. The van der Waals surface area contributed by atoms with Crippen molar-refractivity contribution in [3.8, 4) is 5.75 Å². The van der Waals surface area contributed by atoms with Crippen LogP contribution in [0.1, 0.15) is 25.7 Å². The summed E-state index contributed by atoms with van der Waals surface area (Å²) in [4.78, 5) is 16.5. The molecule has 0 bridgehead atoms. The normalized spacial score (nSPS) is 22.4. The van der Waals surface area contributed by atoms with Gasteiger partial charge in [-0.05, 0) is 43.9 Å². The number of aromatic nitrogens is 1. The lowest BCUT2D eigenvalue weighted by atomic mass is 9.99. The number of amides is 1. The first kappa shape index (κ1) is 19.2. The van der Waals surface area contributed by atoms with Gasteiger partial charge in [0.1, 0.15) is 11.9 Å². The number of benzene rings is 1. The van der Waals surface area contributed by atoms with Gasteiger partial charge in [-0.3, -0.25) is 9.69 Å². The van der Waals surface area contributed by atoms with E-state index in [0.29, 0.717) is 0 Å². The molecule has 2 aromatic rings. The van der Waals surface area contributed by atoms with Crippen LogP contribution in [0.4, 0.5) is 8.78 Å². The van der Waals surface area contributed by atoms with Gasteiger partial charge in [-0.1, -0.05) is 6.07 Å². The summed E-state index contributed by atoms with van der Waals surface area (Å²) in [6, 6.07) is 7.45. The molecule has 0 radical (unpaired) electrons. The van der Waals surface area contributed by atoms with Crippen LogP contribution < -0.4 is 4.74 Å². The van der Waals surface area contributed by atoms with E-state index < -0.39 is 6.43 Å². The molecule has 152 valence electrons. The van der Waals surface area contributed by atoms with Crippen LogP contribution in [-0.2, 0) is 11.3 Å². The number of likely N-dealkylation sites (N-methyl/N-ethyl adjacent to an activating group) is 1. The van der Waals surface area contributed by atoms with Crippen molar-refractivity contribution in [2.24, 2.45) is 0 Å². The highest BCUT2D eigenvalue weighted by Gasteiger charge is 2.34. The molecular formula is C21H27F2N3O2. The smallest absolute Gasteiger partial charge is 0.256 e. The zero-order valence-electron chi connectivity index (χ0n) is 16.2. The van der Waals surface area contributed by atoms with Crippen LogP contribution in [0, 0.1) is 0 Å². The fourth-order valence-electron chi connectivity index (χ4n) is 4.44. The number of rotatable bonds is 5. The number of hydrogen-bond donors (Lipinski definition) is 0. The highest BCUT2D eigenvalue weighted by Crippen LogP contribution is 2.30. The van der Waals surface area contributed by atoms with Crippen molar-refractivity contribution in [2.75, 3.05) is 26.7 Å². The van der Waals surface area contributed by atoms with Gasteiger partial charge in [0.2, 0.25) is 5.91 Å². The summed E-state index contributed by atoms with van der Waals surface area (Å²) in [6.07, 6.45) is 3.11. The molecule has 2 fully saturated rings. The van der Waals surface area contributed by atoms with E-state index in [0.717, 1.165) is 62.0 Å². The Labute approximate surface area is 163 Å². The van der Waals surface area contributed by atoms with Gasteiger partial charge in [-0.25, -0.2) is 8.78 Å². The van der Waals surface area contributed by atoms with Gasteiger partial charge in [-0.2, -0.15) is 0 Å². The van der Waals surface area contributed by atoms with Crippen LogP contribution in [0.15, 0.2) is 30.5 Å². The molecule has 1 atom stereocenters. The number of carbonyl (C=O) groups excluding carboxylic acids is 1. The Morgan fingerprint density at radius 2 is 1.93 bits per heavy atom. The Bertz CT molecular complexity index is 830. The lowest BCUT2D eigenvalue weighted by Crippen LogP contribution is -2.54. The second-order valence-electron chi connectivity index (χ2n) is 7.82. The molecule has 2 aliphatic rings. The molecular weight excluding hydrogens is 364 g/mol. The molecule has 7 heteroatoms. The number of ether oxygens (including phenoxy) is 1. The molecule has 0 N–H and O–H groups in total. The van der Waals surface area contributed by atoms with E-state index in [2.05, 4.69) is 4.90 Å². The van der Waals surface area contributed by atoms with E-state index in [1.807, 2.05) is 36.2 Å². The van der Waals surface area contributed by atoms with E-state index in [4.69, 9.17) is 4.74 Å². The highest BCUT2D eigenvalue weighted by molar-refractivity contribution is 5.86. The van der Waals surface area contributed by atoms with Gasteiger partial charge < -0.3 is 14.2 Å². The molecule has 2 aliphatic heterocycles. The van der Waals surface area contributed by atoms with Crippen molar-refractivity contribution in [1.29, 1.82) is 0 Å². The summed E-state index contributed by atoms with van der Waals surface area (Å²) in [5.74, 6) is 0.980. The Balaban J connectivity index is 1.40. The second-order valence-corrected chi connectivity index (χ2v) is 7.82. The van der Waals surface area contributed by atoms with Crippen LogP contribution in [0.5, 0.6) is 5.75 Å². The van der Waals surface area contributed by atoms with Crippen LogP contribution in [0.25, 0.3) is 10.9 Å². The predicted molar refractivity (Wildman–Crippen MR) is 104 cm³/mol. The third-order valence-electron chi connectivity index (χ3n) is 5.95. The Hall–Kier alpha value is -2.15. The number of likely N-dealkylation sites (tertiary alicyclic amines) is 2. The minimum atomic E-state index is -2.38. The maximum Gasteiger partial charge on any atom is 0.256 e. The maximum absolute atomic E-state index is 12.8. The van der Waals surface area contributed by atoms with Gasteiger partial charge >= 0.3 is 0 Å². The lowest BCUT2D eigenvalue weighted by Gasteiger charge is -2.40. The quantitative estimate of drug-likeness (QED) is 0.784. The van der Waals surface area contributed by atoms with Crippen molar-refractivity contribution in [3.63, 3.8) is 0 Å². The minimum absolute atomic E-state index is 0.00603. The molecule has 2 saturated heterocycles. The lowest BCUT2D eigenvalue weighted by molar-refractivity contribution is -0.139. The van der Waals surface area contributed by atoms with E-state index in [-0.39, 0.29) is 24.6 Å². The molecule has 4 rings (SSSR count). The summed E-state index contributed by atoms with van der Waals surface area (Å²) < 4.78 is 33.3. The first-order chi connectivity index (χ1) is 13.5. The molecule has 1 unspecified atom stereocenters. The number of nitrogens with zero attached hydrogens (tertiary/aromatic N) is 3. The van der Waals surface area contributed by atoms with E-state index >= 15 is 0 Å². The maximum atomic E-state index is 12.8. The third kappa shape index (κ3) is 3.85. The summed E-state index contributed by atoms with van der Waals surface area (Å²) in [7, 11) is 1.88. The molecule has 1 amide bonds. The van der Waals surface area contributed by atoms with Gasteiger partial charge in [-0.15, -0.1) is 0 Å². The van der Waals surface area contributed by atoms with Crippen molar-refractivity contribution >= 4 is 16.8 Å². The Morgan fingerprint density at radius 3 is 2.68 bits per heavy atom. The largest absolute Gasteiger partial charge is 0.490 e. The van der Waals surface area contributed by atoms with Crippen molar-refractivity contribution in [2.45, 2.75) is 50.8 Å². The average molecular weight is 391 g/mol. The average Bonchev–Trinajstić information content (AvgIpc) is 3.08. The molecule has 28 heavy (non-hydrogen) atoms. The Kier molecular flexibility index (Phi) is 5.53. The van der Waals surface area contributed by atoms with Crippen molar-refractivity contribution < 1.29 is 18.3 Å². The zero-order valence-corrected chi connectivity index (χ0v) is 16.2. The summed E-state index contributed by atoms with van der Waals surface area (Å²) >= 11 is 0. The predicted octanol–water partition coefficient (Wildman–Crippen LogP) is 3.37. The molecule has 3 heterocycles. The standard InChI is InChI=1S/C21H27F2N3O2/c1-24-10-3-5-18(21(24)27)25-11-7-15(8-12-25)28-19-6-2-4-17-16(19)9-13-26(17)14-20(22)23/h2,4,6,9,13,15,18,20H,3,5,7-8,10-12,14H2,1H3. The van der Waals surface area contributed by atoms with Crippen LogP contribution >= 0.6 is 0 Å². The summed E-state index contributed by atoms with van der Waals surface area (Å²) in [6.45, 7) is 2.23. The zero-order chi connectivity index (χ0) is 19.7. The van der Waals surface area contributed by atoms with Gasteiger partial charge in [0.25, 0.3) is 6.43 Å². The molecule has 0 aliphatic carbocycles. The highest BCUT2D eigenvalue weighted by atomic mass is 19.3. The molecule has 1 aromatic heterocycles. The minimum Gasteiger partial charge on any atom is -0.490 e. The van der Waals surface area contributed by atoms with E-state index in [9.17, 15) is 13.6 Å². The second kappa shape index (κ2) is 8.07. The molecule has 5 nitrogen and oxygen atoms in total.